The highest BCUT2D eigenvalue weighted by atomic mass is 32.2. The summed E-state index contributed by atoms with van der Waals surface area (Å²) in [4.78, 5) is 9.47. The summed E-state index contributed by atoms with van der Waals surface area (Å²) in [6.45, 7) is 6.91. The van der Waals surface area contributed by atoms with Gasteiger partial charge in [-0.3, -0.25) is 0 Å². The number of benzene rings is 1. The maximum absolute atomic E-state index is 11.9. The Hall–Kier alpha value is -2.43. The van der Waals surface area contributed by atoms with Gasteiger partial charge in [0, 0.05) is 31.7 Å². The van der Waals surface area contributed by atoms with Crippen molar-refractivity contribution in [1.29, 1.82) is 0 Å². The molecule has 38 heavy (non-hydrogen) atoms. The zero-order valence-corrected chi connectivity index (χ0v) is 23.5. The van der Waals surface area contributed by atoms with Gasteiger partial charge in [-0.1, -0.05) is 26.0 Å². The second-order valence-corrected chi connectivity index (χ2v) is 13.6. The monoisotopic (exact) mass is 544 g/mol. The lowest BCUT2D eigenvalue weighted by Gasteiger charge is -2.34. The minimum Gasteiger partial charge on any atom is -0.488 e. The van der Waals surface area contributed by atoms with Crippen LogP contribution in [-0.4, -0.2) is 73.5 Å². The molecular weight excluding hydrogens is 504 g/mol. The summed E-state index contributed by atoms with van der Waals surface area (Å²) < 4.78 is 43.3. The quantitative estimate of drug-likeness (QED) is 0.518. The van der Waals surface area contributed by atoms with Crippen LogP contribution in [0.4, 0.5) is 5.95 Å². The van der Waals surface area contributed by atoms with Gasteiger partial charge < -0.3 is 19.5 Å². The van der Waals surface area contributed by atoms with Crippen LogP contribution >= 0.6 is 0 Å². The lowest BCUT2D eigenvalue weighted by atomic mass is 9.76. The van der Waals surface area contributed by atoms with Crippen LogP contribution in [0.3, 0.4) is 0 Å². The number of sulfonamides is 1. The Balaban J connectivity index is 1.33. The van der Waals surface area contributed by atoms with Crippen LogP contribution in [0.1, 0.15) is 58.8 Å². The predicted molar refractivity (Wildman–Crippen MR) is 147 cm³/mol. The van der Waals surface area contributed by atoms with Crippen LogP contribution < -0.4 is 14.8 Å². The lowest BCUT2D eigenvalue weighted by molar-refractivity contribution is 0.131. The molecule has 2 aliphatic heterocycles. The Morgan fingerprint density at radius 2 is 1.71 bits per heavy atom. The molecule has 9 nitrogen and oxygen atoms in total. The number of hydrogen-bond donors (Lipinski definition) is 1. The van der Waals surface area contributed by atoms with Crippen molar-refractivity contribution < 1.29 is 22.6 Å². The van der Waals surface area contributed by atoms with Gasteiger partial charge in [0.2, 0.25) is 21.9 Å². The van der Waals surface area contributed by atoms with Crippen molar-refractivity contribution in [2.24, 2.45) is 5.41 Å². The van der Waals surface area contributed by atoms with E-state index in [1.807, 2.05) is 30.5 Å². The van der Waals surface area contributed by atoms with Crippen LogP contribution in [0.15, 0.2) is 30.5 Å². The molecule has 208 valence electrons. The average Bonchev–Trinajstić information content (AvgIpc) is 3.39. The first-order valence-electron chi connectivity index (χ1n) is 13.7. The molecule has 10 heteroatoms. The van der Waals surface area contributed by atoms with Crippen molar-refractivity contribution in [3.8, 4) is 22.8 Å². The van der Waals surface area contributed by atoms with E-state index >= 15 is 0 Å². The minimum atomic E-state index is -3.20. The number of aromatic nitrogens is 2. The molecule has 3 fully saturated rings. The molecule has 0 radical (unpaired) electrons. The molecule has 3 heterocycles. The molecule has 1 aliphatic carbocycles. The third kappa shape index (κ3) is 6.95. The summed E-state index contributed by atoms with van der Waals surface area (Å²) >= 11 is 0. The number of piperidine rings is 1. The highest BCUT2D eigenvalue weighted by molar-refractivity contribution is 7.88. The number of ether oxygens (including phenoxy) is 3. The van der Waals surface area contributed by atoms with E-state index in [4.69, 9.17) is 19.2 Å². The summed E-state index contributed by atoms with van der Waals surface area (Å²) in [6.07, 6.45) is 9.72. The Morgan fingerprint density at radius 3 is 2.34 bits per heavy atom. The summed E-state index contributed by atoms with van der Waals surface area (Å²) in [7, 11) is -3.20. The van der Waals surface area contributed by atoms with E-state index in [1.165, 1.54) is 23.4 Å². The van der Waals surface area contributed by atoms with E-state index in [-0.39, 0.29) is 12.2 Å². The van der Waals surface area contributed by atoms with Gasteiger partial charge in [-0.25, -0.2) is 17.7 Å². The standard InChI is InChI=1S/C28H40N4O5S/c1-28(2)13-8-21(9-14-28)30-27-29-18-25(20-4-6-22(7-5-20)36-24-12-17-35-19-24)26(31-27)37-23-10-15-32(16-11-23)38(3,33)34/h4-7,18,21,23-24H,8-17,19H2,1-3H3,(H,29,30,31)/t24-/m0/s1. The Morgan fingerprint density at radius 1 is 1.00 bits per heavy atom. The first-order valence-corrected chi connectivity index (χ1v) is 15.6. The number of hydrogen-bond acceptors (Lipinski definition) is 8. The van der Waals surface area contributed by atoms with Crippen molar-refractivity contribution in [3.63, 3.8) is 0 Å². The third-order valence-corrected chi connectivity index (χ3v) is 9.23. The zero-order chi connectivity index (χ0) is 26.8. The molecule has 1 saturated carbocycles. The van der Waals surface area contributed by atoms with E-state index in [9.17, 15) is 8.42 Å². The summed E-state index contributed by atoms with van der Waals surface area (Å²) in [6, 6.07) is 8.25. The zero-order valence-electron chi connectivity index (χ0n) is 22.7. The fourth-order valence-corrected chi connectivity index (χ4v) is 6.27. The molecule has 3 aliphatic rings. The fourth-order valence-electron chi connectivity index (χ4n) is 5.40. The van der Waals surface area contributed by atoms with Gasteiger partial charge in [-0.2, -0.15) is 4.98 Å². The SMILES string of the molecule is CC1(C)CCC(Nc2ncc(-c3ccc(O[C@H]4CCOC4)cc3)c(OC3CCN(S(C)(=O)=O)CC3)n2)CC1. The van der Waals surface area contributed by atoms with Crippen molar-refractivity contribution >= 4 is 16.0 Å². The Bertz CT molecular complexity index is 1180. The van der Waals surface area contributed by atoms with E-state index in [0.29, 0.717) is 55.8 Å². The van der Waals surface area contributed by atoms with Crippen molar-refractivity contribution in [1.82, 2.24) is 14.3 Å². The smallest absolute Gasteiger partial charge is 0.226 e. The molecule has 1 atom stereocenters. The van der Waals surface area contributed by atoms with E-state index in [0.717, 1.165) is 42.7 Å². The Kier molecular flexibility index (Phi) is 8.11. The van der Waals surface area contributed by atoms with Crippen LogP contribution in [0.2, 0.25) is 0 Å². The molecule has 1 aromatic heterocycles. The number of nitrogens with zero attached hydrogens (tertiary/aromatic N) is 3. The molecular formula is C28H40N4O5S. The van der Waals surface area contributed by atoms with Crippen LogP contribution in [-0.2, 0) is 14.8 Å². The third-order valence-electron chi connectivity index (χ3n) is 7.93. The van der Waals surface area contributed by atoms with E-state index in [2.05, 4.69) is 24.1 Å². The van der Waals surface area contributed by atoms with Gasteiger partial charge >= 0.3 is 0 Å². The normalized spacial score (nSPS) is 23.3. The second-order valence-electron chi connectivity index (χ2n) is 11.6. The van der Waals surface area contributed by atoms with Gasteiger partial charge in [0.1, 0.15) is 18.0 Å². The van der Waals surface area contributed by atoms with Gasteiger partial charge in [0.15, 0.2) is 0 Å². The van der Waals surface area contributed by atoms with Crippen molar-refractivity contribution in [3.05, 3.63) is 30.5 Å². The molecule has 1 N–H and O–H groups in total. The summed E-state index contributed by atoms with van der Waals surface area (Å²) in [5.41, 5.74) is 2.13. The first kappa shape index (κ1) is 27.1. The molecule has 2 aromatic rings. The van der Waals surface area contributed by atoms with Gasteiger partial charge in [-0.05, 0) is 61.6 Å². The molecule has 0 bridgehead atoms. The lowest BCUT2D eigenvalue weighted by Crippen LogP contribution is -2.41. The van der Waals surface area contributed by atoms with Gasteiger partial charge in [0.05, 0.1) is 25.0 Å². The molecule has 1 aromatic carbocycles. The van der Waals surface area contributed by atoms with E-state index in [1.54, 1.807) is 0 Å². The fraction of sp³-hybridized carbons (Fsp3) is 0.643. The molecule has 2 saturated heterocycles. The molecule has 0 unspecified atom stereocenters. The largest absolute Gasteiger partial charge is 0.488 e. The highest BCUT2D eigenvalue weighted by Crippen LogP contribution is 2.37. The molecule has 5 rings (SSSR count). The summed E-state index contributed by atoms with van der Waals surface area (Å²) in [5.74, 6) is 1.90. The maximum Gasteiger partial charge on any atom is 0.226 e. The number of anilines is 1. The number of rotatable bonds is 8. The number of nitrogens with one attached hydrogen (secondary N) is 1. The van der Waals surface area contributed by atoms with E-state index < -0.39 is 10.0 Å². The van der Waals surface area contributed by atoms with Crippen molar-refractivity contribution in [2.75, 3.05) is 37.9 Å². The molecule has 0 amide bonds. The van der Waals surface area contributed by atoms with Crippen LogP contribution in [0.5, 0.6) is 11.6 Å². The Labute approximate surface area is 226 Å². The van der Waals surface area contributed by atoms with Gasteiger partial charge in [-0.15, -0.1) is 0 Å². The minimum absolute atomic E-state index is 0.0941. The maximum atomic E-state index is 11.9. The highest BCUT2D eigenvalue weighted by Gasteiger charge is 2.29. The van der Waals surface area contributed by atoms with Gasteiger partial charge in [0.25, 0.3) is 0 Å². The first-order chi connectivity index (χ1) is 18.1. The van der Waals surface area contributed by atoms with Crippen LogP contribution in [0.25, 0.3) is 11.1 Å². The van der Waals surface area contributed by atoms with Crippen LogP contribution in [0, 0.1) is 5.41 Å². The summed E-state index contributed by atoms with van der Waals surface area (Å²) in [5, 5.41) is 3.53. The molecule has 0 spiro atoms. The predicted octanol–water partition coefficient (Wildman–Crippen LogP) is 4.49. The second kappa shape index (κ2) is 11.4. The van der Waals surface area contributed by atoms with Crippen molar-refractivity contribution in [2.45, 2.75) is 77.0 Å². The topological polar surface area (TPSA) is 103 Å². The average molecular weight is 545 g/mol.